The molecule has 1 aromatic carbocycles. The average molecular weight is 351 g/mol. The van der Waals surface area contributed by atoms with Gasteiger partial charge in [-0.05, 0) is 31.0 Å². The third kappa shape index (κ3) is 4.44. The van der Waals surface area contributed by atoms with Crippen molar-refractivity contribution in [2.75, 3.05) is 5.75 Å². The molecule has 0 unspecified atom stereocenters. The van der Waals surface area contributed by atoms with Crippen LogP contribution in [0.25, 0.3) is 0 Å². The largest absolute Gasteiger partial charge is 0.417 e. The molecule has 1 aromatic rings. The molecule has 0 aliphatic rings. The van der Waals surface area contributed by atoms with Gasteiger partial charge in [0.25, 0.3) is 5.91 Å². The van der Waals surface area contributed by atoms with Crippen LogP contribution < -0.4 is 11.5 Å². The van der Waals surface area contributed by atoms with Crippen LogP contribution in [0.15, 0.2) is 22.0 Å². The Kier molecular flexibility index (Phi) is 5.41. The van der Waals surface area contributed by atoms with Crippen LogP contribution in [0.3, 0.4) is 0 Å². The monoisotopic (exact) mass is 351 g/mol. The minimum atomic E-state index is -4.95. The first-order valence-corrected chi connectivity index (χ1v) is 8.14. The predicted octanol–water partition coefficient (Wildman–Crippen LogP) is 1.61. The first-order valence-electron chi connectivity index (χ1n) is 6.48. The molecule has 128 valence electrons. The van der Waals surface area contributed by atoms with Gasteiger partial charge < -0.3 is 11.5 Å². The summed E-state index contributed by atoms with van der Waals surface area (Å²) in [5, 5.41) is 0. The summed E-state index contributed by atoms with van der Waals surface area (Å²) in [6.07, 6.45) is -4.79. The number of rotatable bonds is 4. The predicted molar refractivity (Wildman–Crippen MR) is 78.7 cm³/mol. The van der Waals surface area contributed by atoms with E-state index in [4.69, 9.17) is 11.5 Å². The van der Waals surface area contributed by atoms with Crippen molar-refractivity contribution in [2.45, 2.75) is 31.3 Å². The zero-order chi connectivity index (χ0) is 18.0. The van der Waals surface area contributed by atoms with Crippen LogP contribution in [-0.4, -0.2) is 26.0 Å². The molecule has 6 nitrogen and oxygen atoms in total. The number of aryl methyl sites for hydroxylation is 1. The van der Waals surface area contributed by atoms with E-state index in [9.17, 15) is 26.4 Å². The van der Waals surface area contributed by atoms with Crippen molar-refractivity contribution in [3.05, 3.63) is 28.8 Å². The smallest absolute Gasteiger partial charge is 0.370 e. The lowest BCUT2D eigenvalue weighted by atomic mass is 10.0. The van der Waals surface area contributed by atoms with Gasteiger partial charge in [-0.25, -0.2) is 8.42 Å². The van der Waals surface area contributed by atoms with Crippen LogP contribution >= 0.6 is 0 Å². The first-order chi connectivity index (χ1) is 10.4. The van der Waals surface area contributed by atoms with Gasteiger partial charge in [0.15, 0.2) is 15.8 Å². The van der Waals surface area contributed by atoms with Gasteiger partial charge in [0.1, 0.15) is 0 Å². The Morgan fingerprint density at radius 1 is 1.26 bits per heavy atom. The fourth-order valence-electron chi connectivity index (χ4n) is 1.95. The standard InChI is InChI=1S/C13H16F3N3O3S/c1-3-4-23(21,22)10-5-7(2)8(11(20)19-12(17)18)6-9(10)13(14,15)16/h5-6H,3-4H2,1-2H3,(H4,17,18,19,20). The number of hydrogen-bond acceptors (Lipinski definition) is 3. The Morgan fingerprint density at radius 2 is 1.83 bits per heavy atom. The third-order valence-corrected chi connectivity index (χ3v) is 4.85. The van der Waals surface area contributed by atoms with Crippen molar-refractivity contribution >= 4 is 21.7 Å². The number of nitrogens with two attached hydrogens (primary N) is 2. The molecule has 0 radical (unpaired) electrons. The van der Waals surface area contributed by atoms with Gasteiger partial charge in [-0.1, -0.05) is 6.92 Å². The third-order valence-electron chi connectivity index (χ3n) is 2.90. The number of nitrogens with zero attached hydrogens (tertiary/aromatic N) is 1. The van der Waals surface area contributed by atoms with E-state index in [1.165, 1.54) is 13.8 Å². The van der Waals surface area contributed by atoms with Crippen molar-refractivity contribution < 1.29 is 26.4 Å². The molecule has 0 atom stereocenters. The van der Waals surface area contributed by atoms with E-state index in [0.29, 0.717) is 6.07 Å². The fourth-order valence-corrected chi connectivity index (χ4v) is 3.57. The molecule has 0 saturated carbocycles. The van der Waals surface area contributed by atoms with Crippen LogP contribution in [0.5, 0.6) is 0 Å². The topological polar surface area (TPSA) is 116 Å². The Bertz CT molecular complexity index is 752. The molecule has 0 aromatic heterocycles. The second-order valence-corrected chi connectivity index (χ2v) is 6.90. The van der Waals surface area contributed by atoms with Crippen molar-refractivity contribution in [1.82, 2.24) is 0 Å². The lowest BCUT2D eigenvalue weighted by molar-refractivity contribution is -0.139. The Morgan fingerprint density at radius 3 is 2.26 bits per heavy atom. The number of halogens is 3. The number of carbonyl (C=O) groups excluding carboxylic acids is 1. The molecule has 4 N–H and O–H groups in total. The molecular formula is C13H16F3N3O3S. The van der Waals surface area contributed by atoms with Crippen molar-refractivity contribution in [3.63, 3.8) is 0 Å². The van der Waals surface area contributed by atoms with Crippen LogP contribution in [-0.2, 0) is 16.0 Å². The summed E-state index contributed by atoms with van der Waals surface area (Å²) in [7, 11) is -4.13. The molecule has 0 aliphatic heterocycles. The van der Waals surface area contributed by atoms with Crippen LogP contribution in [0.1, 0.15) is 34.8 Å². The number of alkyl halides is 3. The van der Waals surface area contributed by atoms with Gasteiger partial charge in [0, 0.05) is 5.56 Å². The second-order valence-electron chi connectivity index (χ2n) is 4.82. The zero-order valence-electron chi connectivity index (χ0n) is 12.4. The molecule has 0 saturated heterocycles. The van der Waals surface area contributed by atoms with Crippen LogP contribution in [0.2, 0.25) is 0 Å². The summed E-state index contributed by atoms with van der Waals surface area (Å²) in [6.45, 7) is 2.84. The highest BCUT2D eigenvalue weighted by atomic mass is 32.2. The number of aliphatic imine (C=N–C) groups is 1. The van der Waals surface area contributed by atoms with Gasteiger partial charge in [0.05, 0.1) is 16.2 Å². The van der Waals surface area contributed by atoms with Gasteiger partial charge in [-0.15, -0.1) is 0 Å². The van der Waals surface area contributed by atoms with E-state index in [0.717, 1.165) is 6.07 Å². The fraction of sp³-hybridized carbons (Fsp3) is 0.385. The number of amides is 1. The Balaban J connectivity index is 3.68. The molecule has 0 bridgehead atoms. The van der Waals surface area contributed by atoms with Gasteiger partial charge in [0.2, 0.25) is 0 Å². The van der Waals surface area contributed by atoms with Gasteiger partial charge in [-0.2, -0.15) is 18.2 Å². The number of guanidine groups is 1. The summed E-state index contributed by atoms with van der Waals surface area (Å²) in [4.78, 5) is 14.1. The van der Waals surface area contributed by atoms with Crippen molar-refractivity contribution in [2.24, 2.45) is 16.5 Å². The van der Waals surface area contributed by atoms with Gasteiger partial charge >= 0.3 is 6.18 Å². The highest BCUT2D eigenvalue weighted by Crippen LogP contribution is 2.36. The molecule has 0 heterocycles. The minimum Gasteiger partial charge on any atom is -0.370 e. The maximum absolute atomic E-state index is 13.2. The maximum atomic E-state index is 13.2. The highest BCUT2D eigenvalue weighted by Gasteiger charge is 2.38. The van der Waals surface area contributed by atoms with Crippen LogP contribution in [0, 0.1) is 6.92 Å². The molecule has 10 heteroatoms. The van der Waals surface area contributed by atoms with Crippen molar-refractivity contribution in [1.29, 1.82) is 0 Å². The lowest BCUT2D eigenvalue weighted by Crippen LogP contribution is -2.24. The summed E-state index contributed by atoms with van der Waals surface area (Å²) < 4.78 is 63.7. The molecule has 1 amide bonds. The Hall–Kier alpha value is -2.10. The number of benzene rings is 1. The first kappa shape index (κ1) is 18.9. The van der Waals surface area contributed by atoms with E-state index in [1.54, 1.807) is 0 Å². The highest BCUT2D eigenvalue weighted by molar-refractivity contribution is 7.91. The molecule has 0 fully saturated rings. The number of hydrogen-bond donors (Lipinski definition) is 2. The van der Waals surface area contributed by atoms with E-state index in [2.05, 4.69) is 4.99 Å². The zero-order valence-corrected chi connectivity index (χ0v) is 13.3. The van der Waals surface area contributed by atoms with E-state index >= 15 is 0 Å². The van der Waals surface area contributed by atoms with Crippen LogP contribution in [0.4, 0.5) is 13.2 Å². The molecule has 0 spiro atoms. The van der Waals surface area contributed by atoms with Crippen molar-refractivity contribution in [3.8, 4) is 0 Å². The normalized spacial score (nSPS) is 12.0. The van der Waals surface area contributed by atoms with Gasteiger partial charge in [-0.3, -0.25) is 4.79 Å². The number of sulfone groups is 1. The summed E-state index contributed by atoms with van der Waals surface area (Å²) in [5.41, 5.74) is 8.27. The van der Waals surface area contributed by atoms with E-state index in [1.807, 2.05) is 0 Å². The van der Waals surface area contributed by atoms with E-state index < -0.39 is 49.7 Å². The number of carbonyl (C=O) groups is 1. The quantitative estimate of drug-likeness (QED) is 0.631. The Labute approximate surface area is 131 Å². The molecule has 1 rings (SSSR count). The summed E-state index contributed by atoms with van der Waals surface area (Å²) >= 11 is 0. The lowest BCUT2D eigenvalue weighted by Gasteiger charge is -2.15. The minimum absolute atomic E-state index is 0.0303. The molecule has 0 aliphatic carbocycles. The maximum Gasteiger partial charge on any atom is 0.417 e. The summed E-state index contributed by atoms with van der Waals surface area (Å²) in [5.74, 6) is -2.12. The molecular weight excluding hydrogens is 335 g/mol. The second kappa shape index (κ2) is 6.57. The SMILES string of the molecule is CCCS(=O)(=O)c1cc(C)c(C(=O)N=C(N)N)cc1C(F)(F)F. The summed E-state index contributed by atoms with van der Waals surface area (Å²) in [6, 6.07) is 1.29. The van der Waals surface area contributed by atoms with E-state index in [-0.39, 0.29) is 12.0 Å². The average Bonchev–Trinajstić information content (AvgIpc) is 2.35. The molecule has 23 heavy (non-hydrogen) atoms.